The Morgan fingerprint density at radius 3 is 2.78 bits per heavy atom. The molecule has 2 aromatic heterocycles. The number of amides is 1. The number of aromatic nitrogens is 2. The van der Waals surface area contributed by atoms with Crippen molar-refractivity contribution >= 4 is 27.1 Å². The molecule has 0 fully saturated rings. The number of pyridine rings is 1. The van der Waals surface area contributed by atoms with Crippen molar-refractivity contribution in [1.82, 2.24) is 15.3 Å². The number of aryl methyl sites for hydroxylation is 1. The first-order chi connectivity index (χ1) is 10.8. The molecule has 0 saturated carbocycles. The summed E-state index contributed by atoms with van der Waals surface area (Å²) in [4.78, 5) is 31.8. The average Bonchev–Trinajstić information content (AvgIpc) is 3.04. The van der Waals surface area contributed by atoms with Gasteiger partial charge in [-0.2, -0.15) is 0 Å². The van der Waals surface area contributed by atoms with E-state index in [1.807, 2.05) is 6.92 Å². The van der Waals surface area contributed by atoms with Crippen LogP contribution in [-0.2, 0) is 9.84 Å². The van der Waals surface area contributed by atoms with Crippen molar-refractivity contribution in [3.63, 3.8) is 0 Å². The Bertz CT molecular complexity index is 956. The molecular weight excluding hydrogens is 338 g/mol. The van der Waals surface area contributed by atoms with E-state index in [1.54, 1.807) is 12.3 Å². The lowest BCUT2D eigenvalue weighted by atomic mass is 10.2. The molecule has 120 valence electrons. The van der Waals surface area contributed by atoms with E-state index in [0.717, 1.165) is 15.3 Å². The van der Waals surface area contributed by atoms with E-state index in [0.29, 0.717) is 5.69 Å². The molecular formula is C14H13N3O4S2. The summed E-state index contributed by atoms with van der Waals surface area (Å²) in [6.07, 6.45) is 3.05. The van der Waals surface area contributed by atoms with Crippen LogP contribution >= 0.6 is 11.3 Å². The van der Waals surface area contributed by atoms with Gasteiger partial charge in [-0.3, -0.25) is 9.59 Å². The number of thiazole rings is 1. The molecule has 0 aliphatic carbocycles. The van der Waals surface area contributed by atoms with Gasteiger partial charge in [0.05, 0.1) is 27.4 Å². The second-order valence-corrected chi connectivity index (χ2v) is 8.26. The summed E-state index contributed by atoms with van der Waals surface area (Å²) in [5, 5.41) is 4.46. The molecule has 0 bridgehead atoms. The van der Waals surface area contributed by atoms with Gasteiger partial charge < -0.3 is 10.3 Å². The largest absolute Gasteiger partial charge is 0.345 e. The van der Waals surface area contributed by atoms with Gasteiger partial charge in [0, 0.05) is 11.6 Å². The summed E-state index contributed by atoms with van der Waals surface area (Å²) in [7, 11) is -3.26. The van der Waals surface area contributed by atoms with Crippen molar-refractivity contribution in [3.05, 3.63) is 50.7 Å². The van der Waals surface area contributed by atoms with Gasteiger partial charge in [0.1, 0.15) is 5.56 Å². The van der Waals surface area contributed by atoms with Crippen LogP contribution in [0.5, 0.6) is 0 Å². The van der Waals surface area contributed by atoms with Gasteiger partial charge in [0.15, 0.2) is 9.84 Å². The van der Waals surface area contributed by atoms with E-state index in [1.165, 1.54) is 23.5 Å². The molecule has 3 heterocycles. The molecule has 9 heteroatoms. The Morgan fingerprint density at radius 1 is 1.43 bits per heavy atom. The molecule has 1 aliphatic heterocycles. The van der Waals surface area contributed by atoms with Crippen LogP contribution in [0.4, 0.5) is 0 Å². The molecule has 2 N–H and O–H groups in total. The molecule has 1 aliphatic rings. The molecule has 1 atom stereocenters. The molecule has 0 saturated heterocycles. The maximum absolute atomic E-state index is 12.1. The number of sulfone groups is 1. The van der Waals surface area contributed by atoms with Crippen LogP contribution in [0.1, 0.15) is 15.4 Å². The minimum Gasteiger partial charge on any atom is -0.345 e. The number of carbonyl (C=O) groups excluding carboxylic acids is 1. The highest BCUT2D eigenvalue weighted by Gasteiger charge is 2.24. The zero-order valence-corrected chi connectivity index (χ0v) is 13.7. The monoisotopic (exact) mass is 351 g/mol. The van der Waals surface area contributed by atoms with Crippen LogP contribution in [0.15, 0.2) is 34.6 Å². The van der Waals surface area contributed by atoms with Gasteiger partial charge in [-0.25, -0.2) is 13.4 Å². The summed E-state index contributed by atoms with van der Waals surface area (Å²) >= 11 is 1.43. The molecule has 3 rings (SSSR count). The maximum Gasteiger partial charge on any atom is 0.261 e. The van der Waals surface area contributed by atoms with Gasteiger partial charge in [-0.1, -0.05) is 0 Å². The van der Waals surface area contributed by atoms with E-state index in [-0.39, 0.29) is 11.3 Å². The lowest BCUT2D eigenvalue weighted by Crippen LogP contribution is -2.38. The quantitative estimate of drug-likeness (QED) is 0.852. The van der Waals surface area contributed by atoms with E-state index in [4.69, 9.17) is 0 Å². The molecule has 1 amide bonds. The normalized spacial score (nSPS) is 18.9. The van der Waals surface area contributed by atoms with Crippen molar-refractivity contribution in [2.75, 3.05) is 5.75 Å². The minimum atomic E-state index is -3.26. The van der Waals surface area contributed by atoms with Crippen molar-refractivity contribution in [2.45, 2.75) is 13.0 Å². The average molecular weight is 351 g/mol. The van der Waals surface area contributed by atoms with Crippen molar-refractivity contribution in [1.29, 1.82) is 0 Å². The Kier molecular flexibility index (Phi) is 3.90. The third-order valence-electron chi connectivity index (χ3n) is 3.29. The Morgan fingerprint density at radius 2 is 2.22 bits per heavy atom. The van der Waals surface area contributed by atoms with E-state index < -0.39 is 27.3 Å². The highest BCUT2D eigenvalue weighted by molar-refractivity contribution is 7.94. The van der Waals surface area contributed by atoms with Crippen LogP contribution in [0.3, 0.4) is 0 Å². The number of nitrogens with one attached hydrogen (secondary N) is 2. The first-order valence-electron chi connectivity index (χ1n) is 6.72. The molecule has 0 radical (unpaired) electrons. The lowest BCUT2D eigenvalue weighted by Gasteiger charge is -2.09. The number of H-pyrrole nitrogens is 1. The van der Waals surface area contributed by atoms with E-state index >= 15 is 0 Å². The summed E-state index contributed by atoms with van der Waals surface area (Å²) in [5.41, 5.74) is -0.0101. The van der Waals surface area contributed by atoms with Crippen molar-refractivity contribution < 1.29 is 13.2 Å². The summed E-state index contributed by atoms with van der Waals surface area (Å²) in [5.74, 6) is -0.792. The number of carbonyl (C=O) groups is 1. The first kappa shape index (κ1) is 15.6. The Labute approximate surface area is 136 Å². The van der Waals surface area contributed by atoms with Gasteiger partial charge in [0.25, 0.3) is 11.5 Å². The van der Waals surface area contributed by atoms with E-state index in [9.17, 15) is 18.0 Å². The molecule has 0 spiro atoms. The second-order valence-electron chi connectivity index (χ2n) is 5.10. The molecule has 7 nitrogen and oxygen atoms in total. The molecule has 0 unspecified atom stereocenters. The second kappa shape index (κ2) is 5.74. The van der Waals surface area contributed by atoms with Crippen LogP contribution in [0.25, 0.3) is 10.6 Å². The first-order valence-corrected chi connectivity index (χ1v) is 9.25. The Hall–Kier alpha value is -2.26. The fourth-order valence-electron chi connectivity index (χ4n) is 2.19. The lowest BCUT2D eigenvalue weighted by molar-refractivity contribution is 0.0946. The number of rotatable bonds is 3. The fraction of sp³-hybridized carbons (Fsp3) is 0.214. The number of hydrogen-bond donors (Lipinski definition) is 2. The van der Waals surface area contributed by atoms with Gasteiger partial charge in [-0.15, -0.1) is 11.3 Å². The van der Waals surface area contributed by atoms with Gasteiger partial charge in [0.2, 0.25) is 0 Å². The van der Waals surface area contributed by atoms with E-state index in [2.05, 4.69) is 15.3 Å². The van der Waals surface area contributed by atoms with Crippen LogP contribution in [0, 0.1) is 6.92 Å². The predicted molar refractivity (Wildman–Crippen MR) is 87.1 cm³/mol. The summed E-state index contributed by atoms with van der Waals surface area (Å²) in [6.45, 7) is 1.86. The Balaban J connectivity index is 1.80. The molecule has 0 aromatic carbocycles. The third-order valence-corrected chi connectivity index (χ3v) is 5.63. The zero-order valence-electron chi connectivity index (χ0n) is 12.1. The number of nitrogens with zero attached hydrogens (tertiary/aromatic N) is 1. The number of aromatic amines is 1. The van der Waals surface area contributed by atoms with Crippen LogP contribution in [0.2, 0.25) is 0 Å². The molecule has 2 aromatic rings. The SMILES string of the molecule is Cc1ncc(-c2ccc(C(=O)N[C@@H]3C=CS(=O)(=O)C3)c(=O)[nH]2)s1. The van der Waals surface area contributed by atoms with Gasteiger partial charge in [-0.05, 0) is 25.1 Å². The van der Waals surface area contributed by atoms with Gasteiger partial charge >= 0.3 is 0 Å². The summed E-state index contributed by atoms with van der Waals surface area (Å²) in [6, 6.07) is 2.44. The van der Waals surface area contributed by atoms with Crippen LogP contribution in [-0.4, -0.2) is 36.1 Å². The molecule has 23 heavy (non-hydrogen) atoms. The zero-order chi connectivity index (χ0) is 16.6. The minimum absolute atomic E-state index is 0.0623. The topological polar surface area (TPSA) is 109 Å². The highest BCUT2D eigenvalue weighted by Crippen LogP contribution is 2.22. The smallest absolute Gasteiger partial charge is 0.261 e. The van der Waals surface area contributed by atoms with Crippen molar-refractivity contribution in [2.24, 2.45) is 0 Å². The number of hydrogen-bond acceptors (Lipinski definition) is 6. The maximum atomic E-state index is 12.1. The predicted octanol–water partition coefficient (Wildman–Crippen LogP) is 0.847. The summed E-state index contributed by atoms with van der Waals surface area (Å²) < 4.78 is 22.6. The third kappa shape index (κ3) is 3.40. The highest BCUT2D eigenvalue weighted by atomic mass is 32.2. The van der Waals surface area contributed by atoms with Crippen molar-refractivity contribution in [3.8, 4) is 10.6 Å². The fourth-order valence-corrected chi connectivity index (χ4v) is 4.19. The standard InChI is InChI=1S/C14H13N3O4S2/c1-8-15-6-12(22-8)11-3-2-10(14(19)17-11)13(18)16-9-4-5-23(20,21)7-9/h2-6,9H,7H2,1H3,(H,16,18)(H,17,19)/t9-/m1/s1. The van der Waals surface area contributed by atoms with Crippen LogP contribution < -0.4 is 10.9 Å².